The van der Waals surface area contributed by atoms with E-state index in [0.29, 0.717) is 12.0 Å². The third kappa shape index (κ3) is 4.02. The molecule has 0 spiro atoms. The Hall–Kier alpha value is -1.93. The van der Waals surface area contributed by atoms with Gasteiger partial charge in [0.2, 0.25) is 10.0 Å². The van der Waals surface area contributed by atoms with E-state index in [1.165, 1.54) is 19.1 Å². The van der Waals surface area contributed by atoms with Crippen molar-refractivity contribution in [1.29, 1.82) is 0 Å². The molecule has 0 saturated carbocycles. The van der Waals surface area contributed by atoms with E-state index in [1.54, 1.807) is 6.92 Å². The average molecular weight is 315 g/mol. The summed E-state index contributed by atoms with van der Waals surface area (Å²) in [7, 11) is -2.88. The highest BCUT2D eigenvalue weighted by atomic mass is 32.2. The first-order valence-electron chi connectivity index (χ1n) is 6.19. The zero-order chi connectivity index (χ0) is 16.2. The smallest absolute Gasteiger partial charge is 0.335 e. The number of aromatic carboxylic acids is 1. The van der Waals surface area contributed by atoms with Gasteiger partial charge in [-0.15, -0.1) is 0 Å². The Morgan fingerprint density at radius 2 is 2.00 bits per heavy atom. The van der Waals surface area contributed by atoms with Crippen LogP contribution in [-0.4, -0.2) is 38.6 Å². The molecule has 0 heterocycles. The fourth-order valence-electron chi connectivity index (χ4n) is 1.75. The van der Waals surface area contributed by atoms with Gasteiger partial charge in [-0.05, 0) is 31.0 Å². The minimum Gasteiger partial charge on any atom is -0.478 e. The Morgan fingerprint density at radius 1 is 1.38 bits per heavy atom. The SMILES string of the molecule is CCc1ccc(C(=O)O)cc1S(=O)(=O)N[C@@H](C)C(=O)OC. The summed E-state index contributed by atoms with van der Waals surface area (Å²) in [6.45, 7) is 3.09. The molecule has 0 aliphatic rings. The molecule has 0 unspecified atom stereocenters. The molecule has 0 saturated heterocycles. The van der Waals surface area contributed by atoms with E-state index in [0.717, 1.165) is 13.2 Å². The molecule has 8 heteroatoms. The Kier molecular flexibility index (Phi) is 5.45. The Labute approximate surface area is 123 Å². The summed E-state index contributed by atoms with van der Waals surface area (Å²) in [5.74, 6) is -1.96. The molecular formula is C13H17NO6S. The van der Waals surface area contributed by atoms with Crippen LogP contribution >= 0.6 is 0 Å². The van der Waals surface area contributed by atoms with Crippen LogP contribution in [0.25, 0.3) is 0 Å². The molecule has 0 bridgehead atoms. The van der Waals surface area contributed by atoms with Crippen molar-refractivity contribution in [3.63, 3.8) is 0 Å². The zero-order valence-corrected chi connectivity index (χ0v) is 12.7. The highest BCUT2D eigenvalue weighted by Gasteiger charge is 2.25. The third-order valence-corrected chi connectivity index (χ3v) is 4.49. The topological polar surface area (TPSA) is 110 Å². The van der Waals surface area contributed by atoms with Crippen LogP contribution in [0.1, 0.15) is 29.8 Å². The van der Waals surface area contributed by atoms with Gasteiger partial charge in [-0.1, -0.05) is 13.0 Å². The standard InChI is InChI=1S/C13H17NO6S/c1-4-9-5-6-10(12(15)16)7-11(9)21(18,19)14-8(2)13(17)20-3/h5-8,14H,4H2,1-3H3,(H,15,16)/t8-/m0/s1. The second-order valence-electron chi connectivity index (χ2n) is 4.35. The summed E-state index contributed by atoms with van der Waals surface area (Å²) in [4.78, 5) is 22.1. The Bertz CT molecular complexity index is 653. The lowest BCUT2D eigenvalue weighted by molar-refractivity contribution is -0.142. The van der Waals surface area contributed by atoms with Crippen molar-refractivity contribution < 1.29 is 27.9 Å². The number of ether oxygens (including phenoxy) is 1. The van der Waals surface area contributed by atoms with Gasteiger partial charge in [0.1, 0.15) is 6.04 Å². The summed E-state index contributed by atoms with van der Waals surface area (Å²) in [5.41, 5.74) is 0.322. The van der Waals surface area contributed by atoms with Crippen molar-refractivity contribution in [1.82, 2.24) is 4.72 Å². The van der Waals surface area contributed by atoms with Gasteiger partial charge in [0.25, 0.3) is 0 Å². The van der Waals surface area contributed by atoms with Crippen LogP contribution in [0.4, 0.5) is 0 Å². The number of carbonyl (C=O) groups is 2. The van der Waals surface area contributed by atoms with E-state index in [4.69, 9.17) is 5.11 Å². The van der Waals surface area contributed by atoms with Crippen molar-refractivity contribution in [2.75, 3.05) is 7.11 Å². The Balaban J connectivity index is 3.26. The normalized spacial score (nSPS) is 12.7. The van der Waals surface area contributed by atoms with Crippen molar-refractivity contribution >= 4 is 22.0 Å². The number of sulfonamides is 1. The summed E-state index contributed by atoms with van der Waals surface area (Å²) in [5, 5.41) is 8.96. The second-order valence-corrected chi connectivity index (χ2v) is 6.03. The highest BCUT2D eigenvalue weighted by molar-refractivity contribution is 7.89. The number of carbonyl (C=O) groups excluding carboxylic acids is 1. The van der Waals surface area contributed by atoms with Crippen LogP contribution in [0.2, 0.25) is 0 Å². The van der Waals surface area contributed by atoms with Gasteiger partial charge in [-0.2, -0.15) is 4.72 Å². The Morgan fingerprint density at radius 3 is 2.48 bits per heavy atom. The number of carboxylic acids is 1. The number of methoxy groups -OCH3 is 1. The predicted octanol–water partition coefficient (Wildman–Crippen LogP) is 0.787. The second kappa shape index (κ2) is 6.68. The number of hydrogen-bond acceptors (Lipinski definition) is 5. The van der Waals surface area contributed by atoms with E-state index >= 15 is 0 Å². The van der Waals surface area contributed by atoms with Gasteiger partial charge in [0.15, 0.2) is 0 Å². The fraction of sp³-hybridized carbons (Fsp3) is 0.385. The molecule has 1 aromatic rings. The lowest BCUT2D eigenvalue weighted by Crippen LogP contribution is -2.39. The molecule has 21 heavy (non-hydrogen) atoms. The molecule has 0 aromatic heterocycles. The van der Waals surface area contributed by atoms with Crippen LogP contribution < -0.4 is 4.72 Å². The van der Waals surface area contributed by atoms with Gasteiger partial charge < -0.3 is 9.84 Å². The van der Waals surface area contributed by atoms with Gasteiger partial charge in [-0.3, -0.25) is 4.79 Å². The molecular weight excluding hydrogens is 298 g/mol. The summed E-state index contributed by atoms with van der Waals surface area (Å²) in [6, 6.07) is 2.79. The maximum absolute atomic E-state index is 12.3. The monoisotopic (exact) mass is 315 g/mol. The third-order valence-electron chi connectivity index (χ3n) is 2.87. The van der Waals surface area contributed by atoms with Gasteiger partial charge >= 0.3 is 11.9 Å². The number of rotatable bonds is 6. The van der Waals surface area contributed by atoms with Crippen LogP contribution in [0.5, 0.6) is 0 Å². The summed E-state index contributed by atoms with van der Waals surface area (Å²) >= 11 is 0. The van der Waals surface area contributed by atoms with E-state index in [9.17, 15) is 18.0 Å². The number of esters is 1. The quantitative estimate of drug-likeness (QED) is 0.751. The van der Waals surface area contributed by atoms with Gasteiger partial charge in [-0.25, -0.2) is 13.2 Å². The van der Waals surface area contributed by atoms with Gasteiger partial charge in [0.05, 0.1) is 17.6 Å². The summed E-state index contributed by atoms with van der Waals surface area (Å²) in [6.07, 6.45) is 0.406. The molecule has 1 atom stereocenters. The molecule has 7 nitrogen and oxygen atoms in total. The molecule has 116 valence electrons. The van der Waals surface area contributed by atoms with Crippen LogP contribution in [0, 0.1) is 0 Å². The minimum absolute atomic E-state index is 0.140. The number of nitrogens with one attached hydrogen (secondary N) is 1. The van der Waals surface area contributed by atoms with Gasteiger partial charge in [0, 0.05) is 0 Å². The first-order valence-corrected chi connectivity index (χ1v) is 7.67. The number of hydrogen-bond donors (Lipinski definition) is 2. The molecule has 0 fully saturated rings. The summed E-state index contributed by atoms with van der Waals surface area (Å²) < 4.78 is 31.2. The molecule has 1 aromatic carbocycles. The van der Waals surface area contributed by atoms with Crippen LogP contribution in [0.3, 0.4) is 0 Å². The lowest BCUT2D eigenvalue weighted by atomic mass is 10.1. The largest absolute Gasteiger partial charge is 0.478 e. The molecule has 0 radical (unpaired) electrons. The van der Waals surface area contributed by atoms with Crippen LogP contribution in [-0.2, 0) is 26.0 Å². The molecule has 1 rings (SSSR count). The minimum atomic E-state index is -4.03. The molecule has 2 N–H and O–H groups in total. The molecule has 0 aliphatic heterocycles. The zero-order valence-electron chi connectivity index (χ0n) is 11.9. The number of aryl methyl sites for hydroxylation is 1. The maximum Gasteiger partial charge on any atom is 0.335 e. The van der Waals surface area contributed by atoms with Crippen molar-refractivity contribution in [2.45, 2.75) is 31.2 Å². The first kappa shape index (κ1) is 17.1. The van der Waals surface area contributed by atoms with Crippen LogP contribution in [0.15, 0.2) is 23.1 Å². The maximum atomic E-state index is 12.3. The molecule has 0 aliphatic carbocycles. The lowest BCUT2D eigenvalue weighted by Gasteiger charge is -2.14. The molecule has 0 amide bonds. The number of carboxylic acid groups (broad SMARTS) is 1. The van der Waals surface area contributed by atoms with Crippen molar-refractivity contribution in [2.24, 2.45) is 0 Å². The first-order chi connectivity index (χ1) is 9.72. The van der Waals surface area contributed by atoms with Crippen molar-refractivity contribution in [3.05, 3.63) is 29.3 Å². The average Bonchev–Trinajstić information content (AvgIpc) is 2.44. The van der Waals surface area contributed by atoms with E-state index in [2.05, 4.69) is 9.46 Å². The van der Waals surface area contributed by atoms with E-state index in [1.807, 2.05) is 0 Å². The fourth-order valence-corrected chi connectivity index (χ4v) is 3.28. The van der Waals surface area contributed by atoms with E-state index < -0.39 is 28.0 Å². The predicted molar refractivity (Wildman–Crippen MR) is 74.6 cm³/mol. The van der Waals surface area contributed by atoms with Crippen molar-refractivity contribution in [3.8, 4) is 0 Å². The van der Waals surface area contributed by atoms with E-state index in [-0.39, 0.29) is 10.5 Å². The number of benzene rings is 1. The highest BCUT2D eigenvalue weighted by Crippen LogP contribution is 2.19.